The summed E-state index contributed by atoms with van der Waals surface area (Å²) in [7, 11) is 0. The van der Waals surface area contributed by atoms with Crippen LogP contribution in [0.1, 0.15) is 23.1 Å². The third kappa shape index (κ3) is 4.76. The summed E-state index contributed by atoms with van der Waals surface area (Å²) in [4.78, 5) is 0. The van der Waals surface area contributed by atoms with Crippen LogP contribution in [0, 0.1) is 13.8 Å². The van der Waals surface area contributed by atoms with Crippen molar-refractivity contribution in [3.63, 3.8) is 0 Å². The second-order valence-electron chi connectivity index (χ2n) is 7.39. The number of allylic oxidation sites excluding steroid dienone is 4. The van der Waals surface area contributed by atoms with E-state index in [1.165, 1.54) is 16.7 Å². The predicted molar refractivity (Wildman–Crippen MR) is 120 cm³/mol. The maximum Gasteiger partial charge on any atom is -0.147 e. The van der Waals surface area contributed by atoms with E-state index in [-0.39, 0.29) is 12.4 Å². The van der Waals surface area contributed by atoms with Gasteiger partial charge in [0.2, 0.25) is 0 Å². The topological polar surface area (TPSA) is 0 Å². The minimum Gasteiger partial charge on any atom is -0.147 e. The van der Waals surface area contributed by atoms with E-state index in [2.05, 4.69) is 105 Å². The van der Waals surface area contributed by atoms with E-state index in [9.17, 15) is 0 Å². The summed E-state index contributed by atoms with van der Waals surface area (Å²) in [6, 6.07) is 29.3. The van der Waals surface area contributed by atoms with Crippen LogP contribution in [0.15, 0.2) is 100 Å². The summed E-state index contributed by atoms with van der Waals surface area (Å²) in [5, 5.41) is 0. The van der Waals surface area contributed by atoms with Crippen molar-refractivity contribution in [2.45, 2.75) is 26.7 Å². The summed E-state index contributed by atoms with van der Waals surface area (Å²) in [5.41, 5.74) is 5.67. The molecule has 2 heteroatoms. The van der Waals surface area contributed by atoms with E-state index in [1.54, 1.807) is 17.2 Å². The van der Waals surface area contributed by atoms with E-state index in [0.717, 1.165) is 12.8 Å². The molecule has 0 radical (unpaired) electrons. The maximum atomic E-state index is 2.42. The molecule has 1 aliphatic carbocycles. The van der Waals surface area contributed by atoms with Gasteiger partial charge >= 0.3 is 169 Å². The molecule has 0 nitrogen and oxygen atoms in total. The summed E-state index contributed by atoms with van der Waals surface area (Å²) in [6.45, 7) is 4.42. The van der Waals surface area contributed by atoms with Crippen molar-refractivity contribution >= 4 is 20.1 Å². The van der Waals surface area contributed by atoms with Gasteiger partial charge in [0.05, 0.1) is 0 Å². The van der Waals surface area contributed by atoms with E-state index >= 15 is 0 Å². The first-order chi connectivity index (χ1) is 13.2. The average molecular weight is 422 g/mol. The molecule has 0 aliphatic heterocycles. The van der Waals surface area contributed by atoms with Gasteiger partial charge in [0.1, 0.15) is 0 Å². The molecule has 0 bridgehead atoms. The van der Waals surface area contributed by atoms with E-state index in [0.29, 0.717) is 0 Å². The van der Waals surface area contributed by atoms with Crippen molar-refractivity contribution in [1.29, 1.82) is 0 Å². The fraction of sp³-hybridized carbons (Fsp3) is 0.154. The first-order valence-corrected chi connectivity index (χ1v) is 12.0. The van der Waals surface area contributed by atoms with Crippen LogP contribution in [-0.2, 0) is 24.3 Å². The first kappa shape index (κ1) is 20.9. The minimum atomic E-state index is -1.79. The van der Waals surface area contributed by atoms with Gasteiger partial charge in [-0.15, -0.1) is 12.4 Å². The molecule has 28 heavy (non-hydrogen) atoms. The Kier molecular flexibility index (Phi) is 7.13. The van der Waals surface area contributed by atoms with Crippen LogP contribution in [0.2, 0.25) is 0 Å². The van der Waals surface area contributed by atoms with Gasteiger partial charge in [-0.05, 0) is 0 Å². The number of benzene rings is 3. The molecule has 0 spiro atoms. The molecule has 4 rings (SSSR count). The SMILES string of the molecule is Cc1ccc[c]([Ti]([C]2=C(Cc3ccccc3)C=CC2)[c]2cccc(C)c2)c1.Cl. The van der Waals surface area contributed by atoms with Crippen LogP contribution in [0.4, 0.5) is 0 Å². The first-order valence-electron chi connectivity index (χ1n) is 9.64. The quantitative estimate of drug-likeness (QED) is 0.460. The molecule has 3 aromatic carbocycles. The molecular weight excluding hydrogens is 396 g/mol. The van der Waals surface area contributed by atoms with E-state index in [1.807, 2.05) is 0 Å². The van der Waals surface area contributed by atoms with Crippen LogP contribution in [0.25, 0.3) is 0 Å². The zero-order chi connectivity index (χ0) is 18.6. The summed E-state index contributed by atoms with van der Waals surface area (Å²) in [6.07, 6.45) is 6.90. The smallest absolute Gasteiger partial charge is 0.147 e. The Balaban J connectivity index is 0.00000225. The zero-order valence-electron chi connectivity index (χ0n) is 16.5. The molecule has 0 unspecified atom stereocenters. The number of halogens is 1. The van der Waals surface area contributed by atoms with Crippen LogP contribution >= 0.6 is 12.4 Å². The van der Waals surface area contributed by atoms with Crippen molar-refractivity contribution in [2.75, 3.05) is 0 Å². The van der Waals surface area contributed by atoms with Crippen molar-refractivity contribution in [1.82, 2.24) is 0 Å². The molecule has 0 atom stereocenters. The van der Waals surface area contributed by atoms with Gasteiger partial charge in [0, 0.05) is 0 Å². The van der Waals surface area contributed by atoms with E-state index < -0.39 is 17.9 Å². The van der Waals surface area contributed by atoms with Crippen molar-refractivity contribution in [2.24, 2.45) is 0 Å². The summed E-state index contributed by atoms with van der Waals surface area (Å²) in [5.74, 6) is 0. The van der Waals surface area contributed by atoms with Gasteiger partial charge in [-0.3, -0.25) is 0 Å². The molecule has 1 aliphatic rings. The van der Waals surface area contributed by atoms with Crippen molar-refractivity contribution < 1.29 is 17.9 Å². The standard InChI is InChI=1S/C12H11.2C7H7.ClH.Ti/c1-2-6-11(7-3-1)10-12-8-4-5-9-12;2*1-7-5-3-2-4-6-7;;/h1-4,6-8H,5,10H2;2*2-3,5-6H,1H3;1H;. The van der Waals surface area contributed by atoms with Gasteiger partial charge in [-0.25, -0.2) is 0 Å². The molecule has 3 aromatic rings. The molecule has 0 fully saturated rings. The molecule has 0 heterocycles. The Labute approximate surface area is 181 Å². The fourth-order valence-corrected chi connectivity index (χ4v) is 8.78. The third-order valence-corrected chi connectivity index (χ3v) is 9.72. The Morgan fingerprint density at radius 1 is 0.750 bits per heavy atom. The Hall–Kier alpha value is -1.86. The normalized spacial score (nSPS) is 12.8. The Morgan fingerprint density at radius 3 is 1.93 bits per heavy atom. The van der Waals surface area contributed by atoms with Gasteiger partial charge in [0.15, 0.2) is 0 Å². The van der Waals surface area contributed by atoms with Gasteiger partial charge in [-0.2, -0.15) is 0 Å². The Bertz CT molecular complexity index is 956. The second-order valence-corrected chi connectivity index (χ2v) is 11.3. The predicted octanol–water partition coefficient (Wildman–Crippen LogP) is 5.75. The Morgan fingerprint density at radius 2 is 1.36 bits per heavy atom. The zero-order valence-corrected chi connectivity index (χ0v) is 18.9. The number of hydrogen-bond donors (Lipinski definition) is 0. The molecule has 0 N–H and O–H groups in total. The molecular formula is C26H26ClTi. The van der Waals surface area contributed by atoms with Crippen molar-refractivity contribution in [3.8, 4) is 0 Å². The molecule has 0 amide bonds. The average Bonchev–Trinajstić information content (AvgIpc) is 3.11. The van der Waals surface area contributed by atoms with Crippen molar-refractivity contribution in [3.05, 3.63) is 117 Å². The summed E-state index contributed by atoms with van der Waals surface area (Å²) >= 11 is -1.79. The molecule has 141 valence electrons. The summed E-state index contributed by atoms with van der Waals surface area (Å²) < 4.78 is 4.82. The second kappa shape index (κ2) is 9.57. The van der Waals surface area contributed by atoms with Crippen LogP contribution in [0.5, 0.6) is 0 Å². The minimum absolute atomic E-state index is 0. The third-order valence-electron chi connectivity index (χ3n) is 5.18. The number of hydrogen-bond acceptors (Lipinski definition) is 0. The largest absolute Gasteiger partial charge is 0.147 e. The maximum absolute atomic E-state index is 2.42. The van der Waals surface area contributed by atoms with Gasteiger partial charge in [-0.1, -0.05) is 0 Å². The van der Waals surface area contributed by atoms with E-state index in [4.69, 9.17) is 0 Å². The van der Waals surface area contributed by atoms with Crippen LogP contribution < -0.4 is 7.74 Å². The van der Waals surface area contributed by atoms with Crippen LogP contribution in [0.3, 0.4) is 0 Å². The fourth-order valence-electron chi connectivity index (χ4n) is 3.91. The molecule has 0 saturated carbocycles. The molecule has 0 saturated heterocycles. The monoisotopic (exact) mass is 421 g/mol. The number of rotatable bonds is 5. The molecule has 0 aromatic heterocycles. The van der Waals surface area contributed by atoms with Gasteiger partial charge < -0.3 is 0 Å². The number of aryl methyl sites for hydroxylation is 2. The van der Waals surface area contributed by atoms with Crippen LogP contribution in [-0.4, -0.2) is 0 Å². The van der Waals surface area contributed by atoms with Gasteiger partial charge in [0.25, 0.3) is 0 Å².